The highest BCUT2D eigenvalue weighted by atomic mass is 16.5. The van der Waals surface area contributed by atoms with Gasteiger partial charge in [0.2, 0.25) is 5.91 Å². The van der Waals surface area contributed by atoms with Crippen LogP contribution in [0.3, 0.4) is 0 Å². The number of nitrogens with one attached hydrogen (secondary N) is 1. The Labute approximate surface area is 211 Å². The van der Waals surface area contributed by atoms with E-state index in [0.717, 1.165) is 18.4 Å². The van der Waals surface area contributed by atoms with Crippen LogP contribution >= 0.6 is 0 Å². The molecule has 2 aromatic rings. The highest BCUT2D eigenvalue weighted by Crippen LogP contribution is 2.16. The molecule has 3 atom stereocenters. The number of nitrogens with two attached hydrogens (primary N) is 1. The molecule has 1 aromatic carbocycles. The molecule has 196 valence electrons. The number of aromatic nitrogens is 1. The maximum Gasteiger partial charge on any atom is 0.253 e. The van der Waals surface area contributed by atoms with Gasteiger partial charge in [-0.25, -0.2) is 0 Å². The molecule has 36 heavy (non-hydrogen) atoms. The Morgan fingerprint density at radius 1 is 1.03 bits per heavy atom. The minimum atomic E-state index is -1.35. The Morgan fingerprint density at radius 3 is 2.17 bits per heavy atom. The third-order valence-electron chi connectivity index (χ3n) is 5.67. The van der Waals surface area contributed by atoms with E-state index >= 15 is 0 Å². The van der Waals surface area contributed by atoms with Crippen LogP contribution in [0.5, 0.6) is 0 Å². The minimum absolute atomic E-state index is 0.0181. The maximum absolute atomic E-state index is 13.3. The van der Waals surface area contributed by atoms with Gasteiger partial charge >= 0.3 is 0 Å². The lowest BCUT2D eigenvalue weighted by atomic mass is 9.97. The Hall–Kier alpha value is -3.34. The van der Waals surface area contributed by atoms with Crippen LogP contribution in [0, 0.1) is 0 Å². The van der Waals surface area contributed by atoms with Crippen LogP contribution in [0.2, 0.25) is 0 Å². The quantitative estimate of drug-likeness (QED) is 0.303. The van der Waals surface area contributed by atoms with E-state index in [2.05, 4.69) is 10.3 Å². The number of hydrogen-bond donors (Lipinski definition) is 4. The predicted octanol–water partition coefficient (Wildman–Crippen LogP) is 1.15. The summed E-state index contributed by atoms with van der Waals surface area (Å²) in [5.41, 5.74) is 6.48. The Kier molecular flexibility index (Phi) is 11.5. The average molecular weight is 501 g/mol. The summed E-state index contributed by atoms with van der Waals surface area (Å²) in [7, 11) is 1.39. The largest absolute Gasteiger partial charge is 0.388 e. The van der Waals surface area contributed by atoms with Crippen LogP contribution in [0.15, 0.2) is 42.7 Å². The monoisotopic (exact) mass is 500 g/mol. The standard InChI is InChI=1S/C26H36N4O6/c1-4-10-30(11-5-2)26(35)20-14-18(24(27)33)13-19(15-20)25(34)29-21(23(32)22(31)16-36-3)12-17-6-8-28-9-7-17/h6-9,13-15,21-23,31-32H,4-5,10-12,16H2,1-3H3,(H2,27,33)(H,29,34). The molecule has 1 aromatic heterocycles. The summed E-state index contributed by atoms with van der Waals surface area (Å²) >= 11 is 0. The van der Waals surface area contributed by atoms with Crippen molar-refractivity contribution in [3.8, 4) is 0 Å². The highest BCUT2D eigenvalue weighted by Gasteiger charge is 2.29. The van der Waals surface area contributed by atoms with Crippen molar-refractivity contribution in [2.75, 3.05) is 26.8 Å². The number of methoxy groups -OCH3 is 1. The van der Waals surface area contributed by atoms with Gasteiger partial charge in [-0.2, -0.15) is 0 Å². The summed E-state index contributed by atoms with van der Waals surface area (Å²) in [4.78, 5) is 44.0. The fourth-order valence-electron chi connectivity index (χ4n) is 3.88. The fraction of sp³-hybridized carbons (Fsp3) is 0.462. The number of aliphatic hydroxyl groups excluding tert-OH is 2. The van der Waals surface area contributed by atoms with Crippen molar-refractivity contribution in [1.29, 1.82) is 0 Å². The van der Waals surface area contributed by atoms with Gasteiger partial charge in [-0.3, -0.25) is 19.4 Å². The van der Waals surface area contributed by atoms with Gasteiger partial charge in [-0.05, 0) is 55.2 Å². The van der Waals surface area contributed by atoms with Gasteiger partial charge in [-0.1, -0.05) is 13.8 Å². The Bertz CT molecular complexity index is 1010. The van der Waals surface area contributed by atoms with E-state index < -0.39 is 30.1 Å². The van der Waals surface area contributed by atoms with Gasteiger partial charge in [0.25, 0.3) is 11.8 Å². The highest BCUT2D eigenvalue weighted by molar-refractivity contribution is 6.04. The van der Waals surface area contributed by atoms with Gasteiger partial charge in [-0.15, -0.1) is 0 Å². The molecule has 10 heteroatoms. The second kappa shape index (κ2) is 14.3. The Balaban J connectivity index is 2.39. The number of primary amides is 1. The molecule has 5 N–H and O–H groups in total. The number of ether oxygens (including phenoxy) is 1. The number of pyridine rings is 1. The molecule has 3 unspecified atom stereocenters. The van der Waals surface area contributed by atoms with Gasteiger partial charge < -0.3 is 30.9 Å². The van der Waals surface area contributed by atoms with Gasteiger partial charge in [0.1, 0.15) is 12.2 Å². The third-order valence-corrected chi connectivity index (χ3v) is 5.67. The number of aliphatic hydroxyl groups is 2. The van der Waals surface area contributed by atoms with Crippen molar-refractivity contribution in [1.82, 2.24) is 15.2 Å². The van der Waals surface area contributed by atoms with Crippen LogP contribution in [0.1, 0.15) is 63.3 Å². The Morgan fingerprint density at radius 2 is 1.61 bits per heavy atom. The summed E-state index contributed by atoms with van der Waals surface area (Å²) in [6.07, 6.45) is 2.26. The van der Waals surface area contributed by atoms with E-state index in [1.54, 1.807) is 29.4 Å². The van der Waals surface area contributed by atoms with Gasteiger partial charge in [0.15, 0.2) is 0 Å². The average Bonchev–Trinajstić information content (AvgIpc) is 2.87. The summed E-state index contributed by atoms with van der Waals surface area (Å²) in [6, 6.07) is 6.65. The van der Waals surface area contributed by atoms with Crippen molar-refractivity contribution >= 4 is 17.7 Å². The van der Waals surface area contributed by atoms with Crippen LogP contribution in [-0.2, 0) is 11.2 Å². The molecule has 0 aliphatic rings. The van der Waals surface area contributed by atoms with E-state index in [4.69, 9.17) is 10.5 Å². The fourth-order valence-corrected chi connectivity index (χ4v) is 3.88. The molecule has 0 radical (unpaired) electrons. The molecule has 0 saturated carbocycles. The number of nitrogens with zero attached hydrogens (tertiary/aromatic N) is 2. The normalized spacial score (nSPS) is 13.5. The second-order valence-corrected chi connectivity index (χ2v) is 8.61. The molecule has 0 saturated heterocycles. The summed E-state index contributed by atoms with van der Waals surface area (Å²) in [6.45, 7) is 4.85. The third kappa shape index (κ3) is 8.11. The zero-order chi connectivity index (χ0) is 26.7. The zero-order valence-corrected chi connectivity index (χ0v) is 21.0. The van der Waals surface area contributed by atoms with Crippen molar-refractivity contribution < 1.29 is 29.3 Å². The minimum Gasteiger partial charge on any atom is -0.388 e. The van der Waals surface area contributed by atoms with E-state index in [1.807, 2.05) is 13.8 Å². The van der Waals surface area contributed by atoms with Gasteiger partial charge in [0.05, 0.1) is 12.6 Å². The maximum atomic E-state index is 13.3. The molecule has 0 bridgehead atoms. The van der Waals surface area contributed by atoms with Crippen LogP contribution < -0.4 is 11.1 Å². The van der Waals surface area contributed by atoms with Crippen LogP contribution in [0.25, 0.3) is 0 Å². The molecule has 2 rings (SSSR count). The van der Waals surface area contributed by atoms with Crippen molar-refractivity contribution in [3.63, 3.8) is 0 Å². The lowest BCUT2D eigenvalue weighted by molar-refractivity contribution is -0.0407. The molecule has 10 nitrogen and oxygen atoms in total. The van der Waals surface area contributed by atoms with Crippen molar-refractivity contribution in [3.05, 3.63) is 65.0 Å². The first kappa shape index (κ1) is 28.9. The first-order valence-electron chi connectivity index (χ1n) is 12.0. The molecule has 3 amide bonds. The summed E-state index contributed by atoms with van der Waals surface area (Å²) in [5.74, 6) is -1.72. The zero-order valence-electron chi connectivity index (χ0n) is 21.0. The number of rotatable bonds is 14. The number of amides is 3. The molecule has 0 aliphatic heterocycles. The molecular weight excluding hydrogens is 464 g/mol. The van der Waals surface area contributed by atoms with Crippen molar-refractivity contribution in [2.45, 2.75) is 51.4 Å². The summed E-state index contributed by atoms with van der Waals surface area (Å²) in [5, 5.41) is 23.8. The molecule has 0 spiro atoms. The first-order chi connectivity index (χ1) is 17.2. The number of benzene rings is 1. The molecular formula is C26H36N4O6. The summed E-state index contributed by atoms with van der Waals surface area (Å²) < 4.78 is 4.93. The van der Waals surface area contributed by atoms with Crippen LogP contribution in [-0.4, -0.2) is 82.9 Å². The molecule has 0 fully saturated rings. The van der Waals surface area contributed by atoms with E-state index in [0.29, 0.717) is 13.1 Å². The molecule has 0 aliphatic carbocycles. The SMILES string of the molecule is CCCN(CCC)C(=O)c1cc(C(N)=O)cc(C(=O)NC(Cc2ccncc2)C(O)C(O)COC)c1. The molecule has 1 heterocycles. The van der Waals surface area contributed by atoms with E-state index in [9.17, 15) is 24.6 Å². The topological polar surface area (TPSA) is 155 Å². The van der Waals surface area contributed by atoms with Gasteiger partial charge in [0, 0.05) is 49.3 Å². The van der Waals surface area contributed by atoms with E-state index in [-0.39, 0.29) is 35.6 Å². The number of carbonyl (C=O) groups is 3. The smallest absolute Gasteiger partial charge is 0.253 e. The number of hydrogen-bond acceptors (Lipinski definition) is 7. The van der Waals surface area contributed by atoms with Crippen LogP contribution in [0.4, 0.5) is 0 Å². The predicted molar refractivity (Wildman–Crippen MR) is 135 cm³/mol. The second-order valence-electron chi connectivity index (χ2n) is 8.61. The first-order valence-corrected chi connectivity index (χ1v) is 12.0. The lowest BCUT2D eigenvalue weighted by Gasteiger charge is -2.28. The number of carbonyl (C=O) groups excluding carboxylic acids is 3. The van der Waals surface area contributed by atoms with Crippen molar-refractivity contribution in [2.24, 2.45) is 5.73 Å². The lowest BCUT2D eigenvalue weighted by Crippen LogP contribution is -2.51. The van der Waals surface area contributed by atoms with E-state index in [1.165, 1.54) is 25.3 Å².